The van der Waals surface area contributed by atoms with Crippen LogP contribution in [0, 0.1) is 5.92 Å². The van der Waals surface area contributed by atoms with Gasteiger partial charge in [-0.2, -0.15) is 0 Å². The smallest absolute Gasteiger partial charge is 0.255 e. The molecule has 4 rings (SSSR count). The van der Waals surface area contributed by atoms with E-state index in [9.17, 15) is 9.59 Å². The number of piperidine rings is 1. The summed E-state index contributed by atoms with van der Waals surface area (Å²) in [6.07, 6.45) is 5.74. The van der Waals surface area contributed by atoms with Crippen molar-refractivity contribution in [2.45, 2.75) is 25.3 Å². The summed E-state index contributed by atoms with van der Waals surface area (Å²) in [6.45, 7) is 2.54. The van der Waals surface area contributed by atoms with Gasteiger partial charge in [0.2, 0.25) is 5.91 Å². The third-order valence-corrected chi connectivity index (χ3v) is 4.75. The molecular weight excluding hydrogens is 294 g/mol. The zero-order valence-corrected chi connectivity index (χ0v) is 13.5. The lowest BCUT2D eigenvalue weighted by atomic mass is 9.95. The highest BCUT2D eigenvalue weighted by Crippen LogP contribution is 2.29. The van der Waals surface area contributed by atoms with Crippen LogP contribution < -0.4 is 0 Å². The van der Waals surface area contributed by atoms with Crippen LogP contribution in [0.15, 0.2) is 24.5 Å². The zero-order valence-electron chi connectivity index (χ0n) is 13.5. The molecule has 4 heterocycles. The van der Waals surface area contributed by atoms with Crippen LogP contribution in [0.2, 0.25) is 0 Å². The molecule has 0 radical (unpaired) electrons. The third-order valence-electron chi connectivity index (χ3n) is 4.75. The molecule has 2 amide bonds. The van der Waals surface area contributed by atoms with Crippen molar-refractivity contribution in [1.82, 2.24) is 14.8 Å². The molecule has 2 bridgehead atoms. The highest BCUT2D eigenvalue weighted by molar-refractivity contribution is 5.94. The Balaban J connectivity index is 1.71. The molecule has 2 atom stereocenters. The Morgan fingerprint density at radius 2 is 2.17 bits per heavy atom. The van der Waals surface area contributed by atoms with Crippen molar-refractivity contribution < 1.29 is 14.3 Å². The van der Waals surface area contributed by atoms with E-state index in [0.717, 1.165) is 25.9 Å². The minimum absolute atomic E-state index is 0.0150. The van der Waals surface area contributed by atoms with Crippen LogP contribution in [0.25, 0.3) is 0 Å². The molecule has 3 aliphatic rings. The maximum absolute atomic E-state index is 12.7. The van der Waals surface area contributed by atoms with Gasteiger partial charge >= 0.3 is 0 Å². The lowest BCUT2D eigenvalue weighted by molar-refractivity contribution is -0.136. The summed E-state index contributed by atoms with van der Waals surface area (Å²) in [6, 6.07) is 3.70. The number of carbonyl (C=O) groups excluding carboxylic acids is 2. The third kappa shape index (κ3) is 3.52. The summed E-state index contributed by atoms with van der Waals surface area (Å²) in [4.78, 5) is 32.9. The molecule has 0 saturated carbocycles. The molecule has 6 nitrogen and oxygen atoms in total. The van der Waals surface area contributed by atoms with Crippen LogP contribution in [-0.2, 0) is 9.53 Å². The van der Waals surface area contributed by atoms with Crippen molar-refractivity contribution >= 4 is 11.8 Å². The molecule has 0 spiro atoms. The number of rotatable bonds is 4. The van der Waals surface area contributed by atoms with E-state index in [1.54, 1.807) is 31.6 Å². The van der Waals surface area contributed by atoms with E-state index >= 15 is 0 Å². The maximum Gasteiger partial charge on any atom is 0.255 e. The quantitative estimate of drug-likeness (QED) is 0.836. The number of ether oxygens (including phenoxy) is 1. The molecule has 1 aromatic rings. The Kier molecular flexibility index (Phi) is 4.91. The first-order chi connectivity index (χ1) is 11.2. The molecule has 3 aliphatic heterocycles. The van der Waals surface area contributed by atoms with Gasteiger partial charge in [-0.1, -0.05) is 0 Å². The van der Waals surface area contributed by atoms with Gasteiger partial charge in [-0.25, -0.2) is 0 Å². The monoisotopic (exact) mass is 317 g/mol. The van der Waals surface area contributed by atoms with Gasteiger partial charge in [0, 0.05) is 45.2 Å². The SMILES string of the molecule is COCCC(=O)N1C[C@H]2CC[C@@H]1CN(C(=O)c1cccnc1)C2. The summed E-state index contributed by atoms with van der Waals surface area (Å²) in [5.74, 6) is 0.513. The summed E-state index contributed by atoms with van der Waals surface area (Å²) in [7, 11) is 1.61. The summed E-state index contributed by atoms with van der Waals surface area (Å²) < 4.78 is 5.01. The predicted octanol–water partition coefficient (Wildman–Crippen LogP) is 1.18. The van der Waals surface area contributed by atoms with Gasteiger partial charge in [-0.15, -0.1) is 0 Å². The Morgan fingerprint density at radius 1 is 1.30 bits per heavy atom. The Hall–Kier alpha value is -1.95. The molecule has 3 saturated heterocycles. The topological polar surface area (TPSA) is 62.7 Å². The van der Waals surface area contributed by atoms with E-state index in [1.165, 1.54) is 0 Å². The number of carbonyl (C=O) groups is 2. The van der Waals surface area contributed by atoms with Gasteiger partial charge < -0.3 is 14.5 Å². The molecule has 124 valence electrons. The average molecular weight is 317 g/mol. The van der Waals surface area contributed by atoms with E-state index in [-0.39, 0.29) is 17.9 Å². The predicted molar refractivity (Wildman–Crippen MR) is 84.9 cm³/mol. The lowest BCUT2D eigenvalue weighted by Gasteiger charge is -2.36. The fraction of sp³-hybridized carbons (Fsp3) is 0.588. The van der Waals surface area contributed by atoms with Crippen molar-refractivity contribution in [1.29, 1.82) is 0 Å². The van der Waals surface area contributed by atoms with E-state index in [2.05, 4.69) is 4.98 Å². The second-order valence-electron chi connectivity index (χ2n) is 6.34. The molecule has 0 aliphatic carbocycles. The summed E-state index contributed by atoms with van der Waals surface area (Å²) >= 11 is 0. The van der Waals surface area contributed by atoms with Crippen LogP contribution >= 0.6 is 0 Å². The maximum atomic E-state index is 12.7. The standard InChI is InChI=1S/C17H23N3O3/c1-23-8-6-16(21)20-11-13-4-5-15(20)12-19(10-13)17(22)14-3-2-7-18-9-14/h2-3,7,9,13,15H,4-6,8,10-12H2,1H3/t13-,15+/m0/s1. The number of nitrogens with zero attached hydrogens (tertiary/aromatic N) is 3. The van der Waals surface area contributed by atoms with Gasteiger partial charge in [-0.3, -0.25) is 14.6 Å². The van der Waals surface area contributed by atoms with Crippen LogP contribution in [0.5, 0.6) is 0 Å². The zero-order chi connectivity index (χ0) is 16.2. The summed E-state index contributed by atoms with van der Waals surface area (Å²) in [5.41, 5.74) is 0.617. The number of methoxy groups -OCH3 is 1. The highest BCUT2D eigenvalue weighted by atomic mass is 16.5. The summed E-state index contributed by atoms with van der Waals surface area (Å²) in [5, 5.41) is 0. The second kappa shape index (κ2) is 7.08. The number of pyridine rings is 1. The number of hydrogen-bond donors (Lipinski definition) is 0. The van der Waals surface area contributed by atoms with Crippen LogP contribution in [0.4, 0.5) is 0 Å². The van der Waals surface area contributed by atoms with Gasteiger partial charge in [-0.05, 0) is 30.9 Å². The molecule has 1 aromatic heterocycles. The normalized spacial score (nSPS) is 23.7. The fourth-order valence-corrected chi connectivity index (χ4v) is 3.56. The van der Waals surface area contributed by atoms with Crippen molar-refractivity contribution in [2.75, 3.05) is 33.4 Å². The fourth-order valence-electron chi connectivity index (χ4n) is 3.56. The van der Waals surface area contributed by atoms with E-state index in [1.807, 2.05) is 9.80 Å². The Morgan fingerprint density at radius 3 is 2.91 bits per heavy atom. The van der Waals surface area contributed by atoms with Gasteiger partial charge in [0.25, 0.3) is 5.91 Å². The average Bonchev–Trinajstić information content (AvgIpc) is 2.91. The van der Waals surface area contributed by atoms with E-state index in [4.69, 9.17) is 4.74 Å². The Bertz CT molecular complexity index is 563. The second-order valence-corrected chi connectivity index (χ2v) is 6.34. The largest absolute Gasteiger partial charge is 0.384 e. The lowest BCUT2D eigenvalue weighted by Crippen LogP contribution is -2.47. The number of hydrogen-bond acceptors (Lipinski definition) is 4. The Labute approximate surface area is 136 Å². The first kappa shape index (κ1) is 15.9. The number of aromatic nitrogens is 1. The van der Waals surface area contributed by atoms with Gasteiger partial charge in [0.05, 0.1) is 18.6 Å². The molecule has 0 unspecified atom stereocenters. The van der Waals surface area contributed by atoms with Crippen LogP contribution in [0.1, 0.15) is 29.6 Å². The van der Waals surface area contributed by atoms with Crippen LogP contribution in [-0.4, -0.2) is 66.0 Å². The molecule has 6 heteroatoms. The minimum atomic E-state index is 0.0150. The van der Waals surface area contributed by atoms with Crippen LogP contribution in [0.3, 0.4) is 0 Å². The molecule has 0 aromatic carbocycles. The minimum Gasteiger partial charge on any atom is -0.384 e. The van der Waals surface area contributed by atoms with E-state index in [0.29, 0.717) is 31.1 Å². The van der Waals surface area contributed by atoms with Gasteiger partial charge in [0.1, 0.15) is 0 Å². The first-order valence-corrected chi connectivity index (χ1v) is 8.16. The highest BCUT2D eigenvalue weighted by Gasteiger charge is 2.38. The van der Waals surface area contributed by atoms with Gasteiger partial charge in [0.15, 0.2) is 0 Å². The molecular formula is C17H23N3O3. The van der Waals surface area contributed by atoms with Crippen molar-refractivity contribution in [3.8, 4) is 0 Å². The number of fused-ring (bicyclic) bond motifs is 4. The number of amides is 2. The molecule has 0 N–H and O–H groups in total. The van der Waals surface area contributed by atoms with Crippen molar-refractivity contribution in [3.63, 3.8) is 0 Å². The van der Waals surface area contributed by atoms with E-state index < -0.39 is 0 Å². The van der Waals surface area contributed by atoms with Crippen molar-refractivity contribution in [2.24, 2.45) is 5.92 Å². The van der Waals surface area contributed by atoms with Crippen molar-refractivity contribution in [3.05, 3.63) is 30.1 Å². The molecule has 3 fully saturated rings. The molecule has 23 heavy (non-hydrogen) atoms. The first-order valence-electron chi connectivity index (χ1n) is 8.16.